The Bertz CT molecular complexity index is 855. The van der Waals surface area contributed by atoms with Gasteiger partial charge in [0.1, 0.15) is 11.6 Å². The van der Waals surface area contributed by atoms with E-state index in [2.05, 4.69) is 15.2 Å². The maximum absolute atomic E-state index is 13.0. The lowest BCUT2D eigenvalue weighted by atomic mass is 10.2. The normalized spacial score (nSPS) is 14.2. The molecular formula is C21H27FIN5O2. The van der Waals surface area contributed by atoms with Crippen molar-refractivity contribution in [2.75, 3.05) is 32.7 Å². The van der Waals surface area contributed by atoms with E-state index in [-0.39, 0.29) is 35.7 Å². The molecule has 9 heteroatoms. The molecule has 7 nitrogen and oxygen atoms in total. The molecule has 1 N–H and O–H groups in total. The molecule has 0 saturated carbocycles. The van der Waals surface area contributed by atoms with Crippen molar-refractivity contribution in [3.8, 4) is 11.6 Å². The summed E-state index contributed by atoms with van der Waals surface area (Å²) in [4.78, 5) is 24.5. The van der Waals surface area contributed by atoms with Crippen LogP contribution in [0.2, 0.25) is 0 Å². The third-order valence-corrected chi connectivity index (χ3v) is 4.61. The Hall–Kier alpha value is -2.43. The van der Waals surface area contributed by atoms with Crippen molar-refractivity contribution < 1.29 is 13.9 Å². The molecule has 1 fully saturated rings. The summed E-state index contributed by atoms with van der Waals surface area (Å²) in [6.07, 6.45) is 1.67. The van der Waals surface area contributed by atoms with Crippen LogP contribution in [0, 0.1) is 5.82 Å². The van der Waals surface area contributed by atoms with Crippen molar-refractivity contribution in [1.29, 1.82) is 0 Å². The number of pyridine rings is 1. The summed E-state index contributed by atoms with van der Waals surface area (Å²) in [7, 11) is 0. The van der Waals surface area contributed by atoms with Gasteiger partial charge < -0.3 is 19.9 Å². The molecule has 30 heavy (non-hydrogen) atoms. The predicted molar refractivity (Wildman–Crippen MR) is 125 cm³/mol. The Morgan fingerprint density at radius 1 is 1.17 bits per heavy atom. The maximum atomic E-state index is 13.0. The lowest BCUT2D eigenvalue weighted by Gasteiger charge is -2.36. The van der Waals surface area contributed by atoms with Gasteiger partial charge in [-0.25, -0.2) is 14.4 Å². The van der Waals surface area contributed by atoms with Crippen LogP contribution in [0.5, 0.6) is 11.6 Å². The third-order valence-electron chi connectivity index (χ3n) is 4.61. The van der Waals surface area contributed by atoms with Gasteiger partial charge >= 0.3 is 0 Å². The van der Waals surface area contributed by atoms with Gasteiger partial charge in [-0.05, 0) is 42.8 Å². The maximum Gasteiger partial charge on any atom is 0.219 e. The average molecular weight is 527 g/mol. The first kappa shape index (κ1) is 23.8. The second-order valence-corrected chi connectivity index (χ2v) is 6.72. The van der Waals surface area contributed by atoms with Crippen LogP contribution in [0.25, 0.3) is 0 Å². The summed E-state index contributed by atoms with van der Waals surface area (Å²) >= 11 is 0. The van der Waals surface area contributed by atoms with Gasteiger partial charge in [-0.2, -0.15) is 0 Å². The second kappa shape index (κ2) is 11.7. The van der Waals surface area contributed by atoms with E-state index in [4.69, 9.17) is 9.73 Å². The summed E-state index contributed by atoms with van der Waals surface area (Å²) in [5.74, 6) is 1.58. The highest BCUT2D eigenvalue weighted by atomic mass is 127. The van der Waals surface area contributed by atoms with Crippen LogP contribution in [0.15, 0.2) is 47.6 Å². The largest absolute Gasteiger partial charge is 0.439 e. The molecule has 0 spiro atoms. The zero-order valence-corrected chi connectivity index (χ0v) is 19.5. The Morgan fingerprint density at radius 2 is 1.83 bits per heavy atom. The number of carbonyl (C=O) groups is 1. The fraction of sp³-hybridized carbons (Fsp3) is 0.381. The standard InChI is InChI=1S/C21H26FN5O2.HI/c1-3-23-21(27-12-10-26(11-13-27)16(2)28)25-15-17-8-9-24-20(14-17)29-19-6-4-18(22)5-7-19;/h4-9,14H,3,10-13,15H2,1-2H3,(H,23,25);1H. The van der Waals surface area contributed by atoms with Gasteiger partial charge in [0.2, 0.25) is 11.8 Å². The summed E-state index contributed by atoms with van der Waals surface area (Å²) in [5, 5.41) is 3.32. The summed E-state index contributed by atoms with van der Waals surface area (Å²) in [6.45, 7) is 7.77. The average Bonchev–Trinajstić information content (AvgIpc) is 2.73. The number of piperazine rings is 1. The van der Waals surface area contributed by atoms with Gasteiger partial charge in [-0.15, -0.1) is 24.0 Å². The van der Waals surface area contributed by atoms with Crippen molar-refractivity contribution in [3.63, 3.8) is 0 Å². The molecule has 1 aliphatic rings. The molecule has 0 bridgehead atoms. The highest BCUT2D eigenvalue weighted by Gasteiger charge is 2.20. The van der Waals surface area contributed by atoms with Crippen LogP contribution in [-0.4, -0.2) is 59.4 Å². The topological polar surface area (TPSA) is 70.1 Å². The molecule has 1 aromatic heterocycles. The van der Waals surface area contributed by atoms with E-state index in [1.807, 2.05) is 24.0 Å². The van der Waals surface area contributed by atoms with Gasteiger partial charge in [-0.3, -0.25) is 4.79 Å². The summed E-state index contributed by atoms with van der Waals surface area (Å²) in [6, 6.07) is 9.52. The number of nitrogens with one attached hydrogen (secondary N) is 1. The van der Waals surface area contributed by atoms with Gasteiger partial charge in [0.15, 0.2) is 5.96 Å². The van der Waals surface area contributed by atoms with Crippen molar-refractivity contribution in [2.45, 2.75) is 20.4 Å². The first-order valence-corrected chi connectivity index (χ1v) is 9.72. The van der Waals surface area contributed by atoms with Crippen molar-refractivity contribution in [1.82, 2.24) is 20.1 Å². The summed E-state index contributed by atoms with van der Waals surface area (Å²) in [5.41, 5.74) is 0.954. The fourth-order valence-corrected chi connectivity index (χ4v) is 3.05. The van der Waals surface area contributed by atoms with E-state index in [0.29, 0.717) is 31.3 Å². The molecule has 0 radical (unpaired) electrons. The number of nitrogens with zero attached hydrogens (tertiary/aromatic N) is 4. The minimum absolute atomic E-state index is 0. The van der Waals surface area contributed by atoms with Gasteiger partial charge in [-0.1, -0.05) is 0 Å². The Kier molecular flexibility index (Phi) is 9.28. The number of hydrogen-bond donors (Lipinski definition) is 1. The van der Waals surface area contributed by atoms with Gasteiger partial charge in [0.05, 0.1) is 6.54 Å². The van der Waals surface area contributed by atoms with Gasteiger partial charge in [0, 0.05) is 51.9 Å². The number of guanidine groups is 1. The zero-order valence-electron chi connectivity index (χ0n) is 17.2. The minimum atomic E-state index is -0.312. The Labute approximate surface area is 193 Å². The number of amides is 1. The molecule has 1 aromatic carbocycles. The summed E-state index contributed by atoms with van der Waals surface area (Å²) < 4.78 is 18.7. The van der Waals surface area contributed by atoms with E-state index in [0.717, 1.165) is 31.2 Å². The second-order valence-electron chi connectivity index (χ2n) is 6.72. The Balaban J connectivity index is 0.00000320. The fourth-order valence-electron chi connectivity index (χ4n) is 3.05. The van der Waals surface area contributed by atoms with Crippen LogP contribution in [-0.2, 0) is 11.3 Å². The predicted octanol–water partition coefficient (Wildman–Crippen LogP) is 3.26. The van der Waals surface area contributed by atoms with Gasteiger partial charge in [0.25, 0.3) is 0 Å². The molecule has 162 valence electrons. The number of carbonyl (C=O) groups excluding carboxylic acids is 1. The highest BCUT2D eigenvalue weighted by Crippen LogP contribution is 2.20. The number of aliphatic imine (C=N–C) groups is 1. The lowest BCUT2D eigenvalue weighted by molar-refractivity contribution is -0.130. The molecule has 0 atom stereocenters. The molecule has 1 aliphatic heterocycles. The van der Waals surface area contributed by atoms with E-state index < -0.39 is 0 Å². The number of halogens is 2. The lowest BCUT2D eigenvalue weighted by Crippen LogP contribution is -2.53. The van der Waals surface area contributed by atoms with E-state index in [1.165, 1.54) is 12.1 Å². The third kappa shape index (κ3) is 6.82. The van der Waals surface area contributed by atoms with E-state index >= 15 is 0 Å². The number of rotatable bonds is 5. The van der Waals surface area contributed by atoms with Crippen molar-refractivity contribution >= 4 is 35.8 Å². The molecule has 0 unspecified atom stereocenters. The number of benzene rings is 1. The SMILES string of the molecule is CCNC(=NCc1ccnc(Oc2ccc(F)cc2)c1)N1CCN(C(C)=O)CC1.I. The van der Waals surface area contributed by atoms with E-state index in [9.17, 15) is 9.18 Å². The van der Waals surface area contributed by atoms with Crippen molar-refractivity contribution in [3.05, 3.63) is 54.0 Å². The van der Waals surface area contributed by atoms with E-state index in [1.54, 1.807) is 25.3 Å². The first-order chi connectivity index (χ1) is 14.0. The molecule has 3 rings (SSSR count). The molecular weight excluding hydrogens is 500 g/mol. The number of hydrogen-bond acceptors (Lipinski definition) is 4. The minimum Gasteiger partial charge on any atom is -0.439 e. The van der Waals surface area contributed by atoms with Crippen molar-refractivity contribution in [2.24, 2.45) is 4.99 Å². The smallest absolute Gasteiger partial charge is 0.219 e. The molecule has 0 aliphatic carbocycles. The quantitative estimate of drug-likeness (QED) is 0.368. The van der Waals surface area contributed by atoms with Crippen LogP contribution >= 0.6 is 24.0 Å². The van der Waals surface area contributed by atoms with Crippen LogP contribution in [0.3, 0.4) is 0 Å². The first-order valence-electron chi connectivity index (χ1n) is 9.72. The van der Waals surface area contributed by atoms with Crippen LogP contribution < -0.4 is 10.1 Å². The molecule has 1 amide bonds. The molecule has 2 aromatic rings. The number of aromatic nitrogens is 1. The Morgan fingerprint density at radius 3 is 2.47 bits per heavy atom. The zero-order chi connectivity index (χ0) is 20.6. The highest BCUT2D eigenvalue weighted by molar-refractivity contribution is 14.0. The molecule has 2 heterocycles. The number of ether oxygens (including phenoxy) is 1. The van der Waals surface area contributed by atoms with Crippen LogP contribution in [0.1, 0.15) is 19.4 Å². The monoisotopic (exact) mass is 527 g/mol. The van der Waals surface area contributed by atoms with Crippen LogP contribution in [0.4, 0.5) is 4.39 Å². The molecule has 1 saturated heterocycles.